The second-order valence-electron chi connectivity index (χ2n) is 5.77. The number of anilines is 2. The molecule has 0 saturated carbocycles. The molecule has 0 aliphatic rings. The number of carbonyl (C=O) groups is 1. The van der Waals surface area contributed by atoms with E-state index >= 15 is 0 Å². The molecule has 2 heterocycles. The fourth-order valence-electron chi connectivity index (χ4n) is 2.53. The number of ether oxygens (including phenoxy) is 1. The number of nitrogen functional groups attached to an aromatic ring is 1. The predicted octanol–water partition coefficient (Wildman–Crippen LogP) is 4.46. The Hall–Kier alpha value is -3.78. The zero-order valence-corrected chi connectivity index (χ0v) is 15.4. The normalized spacial score (nSPS) is 10.4. The van der Waals surface area contributed by atoms with Gasteiger partial charge in [-0.05, 0) is 12.1 Å². The van der Waals surface area contributed by atoms with Gasteiger partial charge < -0.3 is 10.5 Å². The fourth-order valence-corrected chi connectivity index (χ4v) is 3.10. The van der Waals surface area contributed by atoms with Crippen LogP contribution in [0.5, 0.6) is 5.75 Å². The standard InChI is InChI=1S/C20H15N5O2S/c21-19-25-17(12-28-19)14-7-4-8-15(9-14)24-20(26)27-16-10-22-18(23-11-16)13-5-2-1-3-6-13/h1-12H,(H2,21,25)(H,24,26). The Balaban J connectivity index is 1.42. The van der Waals surface area contributed by atoms with Crippen LogP contribution in [0.4, 0.5) is 15.6 Å². The SMILES string of the molecule is Nc1nc(-c2cccc(NC(=O)Oc3cnc(-c4ccccc4)nc3)c2)cs1. The Labute approximate surface area is 164 Å². The van der Waals surface area contributed by atoms with Crippen LogP contribution in [0, 0.1) is 0 Å². The van der Waals surface area contributed by atoms with Gasteiger partial charge in [-0.25, -0.2) is 19.7 Å². The van der Waals surface area contributed by atoms with Crippen LogP contribution in [0.2, 0.25) is 0 Å². The molecule has 0 radical (unpaired) electrons. The molecule has 138 valence electrons. The van der Waals surface area contributed by atoms with Crippen molar-refractivity contribution < 1.29 is 9.53 Å². The number of hydrogen-bond acceptors (Lipinski definition) is 7. The maximum Gasteiger partial charge on any atom is 0.417 e. The quantitative estimate of drug-likeness (QED) is 0.534. The molecular formula is C20H15N5O2S. The Bertz CT molecular complexity index is 1100. The number of nitrogens with zero attached hydrogens (tertiary/aromatic N) is 3. The van der Waals surface area contributed by atoms with Crippen molar-refractivity contribution in [2.75, 3.05) is 11.1 Å². The van der Waals surface area contributed by atoms with E-state index in [1.807, 2.05) is 47.8 Å². The number of thiazole rings is 1. The first kappa shape index (κ1) is 17.6. The van der Waals surface area contributed by atoms with Gasteiger partial charge in [-0.15, -0.1) is 11.3 Å². The third kappa shape index (κ3) is 4.13. The molecule has 4 rings (SSSR count). The number of benzene rings is 2. The zero-order chi connectivity index (χ0) is 19.3. The molecule has 0 aliphatic heterocycles. The van der Waals surface area contributed by atoms with E-state index in [9.17, 15) is 4.79 Å². The first-order valence-electron chi connectivity index (χ1n) is 8.35. The molecule has 3 N–H and O–H groups in total. The van der Waals surface area contributed by atoms with Gasteiger partial charge in [0, 0.05) is 22.2 Å². The smallest absolute Gasteiger partial charge is 0.407 e. The van der Waals surface area contributed by atoms with Gasteiger partial charge in [0.2, 0.25) is 0 Å². The molecule has 2 aromatic heterocycles. The number of aromatic nitrogens is 3. The molecule has 4 aromatic rings. The van der Waals surface area contributed by atoms with Crippen molar-refractivity contribution in [2.24, 2.45) is 0 Å². The van der Waals surface area contributed by atoms with E-state index in [0.717, 1.165) is 16.8 Å². The van der Waals surface area contributed by atoms with E-state index in [1.165, 1.54) is 23.7 Å². The summed E-state index contributed by atoms with van der Waals surface area (Å²) in [6, 6.07) is 16.8. The lowest BCUT2D eigenvalue weighted by Gasteiger charge is -2.08. The molecule has 8 heteroatoms. The monoisotopic (exact) mass is 389 g/mol. The third-order valence-electron chi connectivity index (χ3n) is 3.80. The summed E-state index contributed by atoms with van der Waals surface area (Å²) in [7, 11) is 0. The highest BCUT2D eigenvalue weighted by Gasteiger charge is 2.09. The molecule has 0 fully saturated rings. The average Bonchev–Trinajstić information content (AvgIpc) is 3.16. The summed E-state index contributed by atoms with van der Waals surface area (Å²) in [6.07, 6.45) is 2.29. The molecule has 0 saturated heterocycles. The summed E-state index contributed by atoms with van der Waals surface area (Å²) in [5.41, 5.74) is 8.74. The maximum atomic E-state index is 12.2. The van der Waals surface area contributed by atoms with E-state index in [4.69, 9.17) is 10.5 Å². The lowest BCUT2D eigenvalue weighted by Crippen LogP contribution is -2.17. The average molecular weight is 389 g/mol. The second-order valence-corrected chi connectivity index (χ2v) is 6.66. The van der Waals surface area contributed by atoms with Gasteiger partial charge in [-0.1, -0.05) is 42.5 Å². The largest absolute Gasteiger partial charge is 0.417 e. The minimum atomic E-state index is -0.633. The molecule has 0 unspecified atom stereocenters. The first-order valence-corrected chi connectivity index (χ1v) is 9.23. The molecule has 0 spiro atoms. The van der Waals surface area contributed by atoms with Crippen molar-refractivity contribution in [1.82, 2.24) is 15.0 Å². The van der Waals surface area contributed by atoms with Gasteiger partial charge in [-0.3, -0.25) is 5.32 Å². The topological polar surface area (TPSA) is 103 Å². The Morgan fingerprint density at radius 3 is 2.46 bits per heavy atom. The highest BCUT2D eigenvalue weighted by molar-refractivity contribution is 7.13. The number of nitrogens with one attached hydrogen (secondary N) is 1. The van der Waals surface area contributed by atoms with Crippen molar-refractivity contribution >= 4 is 28.2 Å². The first-order chi connectivity index (χ1) is 13.7. The van der Waals surface area contributed by atoms with Crippen LogP contribution in [-0.4, -0.2) is 21.0 Å². The van der Waals surface area contributed by atoms with E-state index < -0.39 is 6.09 Å². The molecule has 0 bridgehead atoms. The minimum Gasteiger partial charge on any atom is -0.407 e. The molecule has 28 heavy (non-hydrogen) atoms. The van der Waals surface area contributed by atoms with Crippen LogP contribution < -0.4 is 15.8 Å². The van der Waals surface area contributed by atoms with Crippen LogP contribution >= 0.6 is 11.3 Å². The van der Waals surface area contributed by atoms with E-state index in [1.54, 1.807) is 12.1 Å². The van der Waals surface area contributed by atoms with Gasteiger partial charge >= 0.3 is 6.09 Å². The van der Waals surface area contributed by atoms with E-state index in [0.29, 0.717) is 16.6 Å². The minimum absolute atomic E-state index is 0.251. The van der Waals surface area contributed by atoms with Crippen molar-refractivity contribution in [2.45, 2.75) is 0 Å². The fraction of sp³-hybridized carbons (Fsp3) is 0. The van der Waals surface area contributed by atoms with Crippen LogP contribution in [0.15, 0.2) is 72.4 Å². The highest BCUT2D eigenvalue weighted by atomic mass is 32.1. The Morgan fingerprint density at radius 1 is 1.00 bits per heavy atom. The summed E-state index contributed by atoms with van der Waals surface area (Å²) >= 11 is 1.36. The van der Waals surface area contributed by atoms with Crippen LogP contribution in [0.3, 0.4) is 0 Å². The number of carbonyl (C=O) groups excluding carboxylic acids is 1. The summed E-state index contributed by atoms with van der Waals surface area (Å²) in [4.78, 5) is 24.9. The molecule has 1 amide bonds. The van der Waals surface area contributed by atoms with E-state index in [-0.39, 0.29) is 5.75 Å². The molecule has 0 atom stereocenters. The van der Waals surface area contributed by atoms with Crippen molar-refractivity contribution in [3.63, 3.8) is 0 Å². The van der Waals surface area contributed by atoms with E-state index in [2.05, 4.69) is 20.3 Å². The Kier molecular flexibility index (Phi) is 4.94. The van der Waals surface area contributed by atoms with Gasteiger partial charge in [0.05, 0.1) is 18.1 Å². The predicted molar refractivity (Wildman–Crippen MR) is 109 cm³/mol. The highest BCUT2D eigenvalue weighted by Crippen LogP contribution is 2.25. The summed E-state index contributed by atoms with van der Waals surface area (Å²) in [6.45, 7) is 0. The summed E-state index contributed by atoms with van der Waals surface area (Å²) < 4.78 is 5.25. The van der Waals surface area contributed by atoms with Crippen molar-refractivity contribution in [1.29, 1.82) is 0 Å². The third-order valence-corrected chi connectivity index (χ3v) is 4.47. The lowest BCUT2D eigenvalue weighted by molar-refractivity contribution is 0.215. The van der Waals surface area contributed by atoms with Gasteiger partial charge in [0.25, 0.3) is 0 Å². The number of nitrogens with two attached hydrogens (primary N) is 1. The number of hydrogen-bond donors (Lipinski definition) is 2. The van der Waals surface area contributed by atoms with Crippen LogP contribution in [0.1, 0.15) is 0 Å². The maximum absolute atomic E-state index is 12.2. The summed E-state index contributed by atoms with van der Waals surface area (Å²) in [5.74, 6) is 0.809. The second kappa shape index (κ2) is 7.85. The lowest BCUT2D eigenvalue weighted by atomic mass is 10.1. The van der Waals surface area contributed by atoms with Gasteiger partial charge in [0.15, 0.2) is 16.7 Å². The number of rotatable bonds is 4. The molecular weight excluding hydrogens is 374 g/mol. The number of amides is 1. The van der Waals surface area contributed by atoms with Gasteiger partial charge in [0.1, 0.15) is 0 Å². The van der Waals surface area contributed by atoms with Crippen molar-refractivity contribution in [3.8, 4) is 28.4 Å². The Morgan fingerprint density at radius 2 is 1.75 bits per heavy atom. The van der Waals surface area contributed by atoms with Crippen LogP contribution in [0.25, 0.3) is 22.6 Å². The zero-order valence-electron chi connectivity index (χ0n) is 14.6. The molecule has 7 nitrogen and oxygen atoms in total. The summed E-state index contributed by atoms with van der Waals surface area (Å²) in [5, 5.41) is 5.03. The molecule has 0 aliphatic carbocycles. The van der Waals surface area contributed by atoms with Crippen molar-refractivity contribution in [3.05, 3.63) is 72.4 Å². The van der Waals surface area contributed by atoms with Crippen LogP contribution in [-0.2, 0) is 0 Å². The molecule has 2 aromatic carbocycles. The van der Waals surface area contributed by atoms with Gasteiger partial charge in [-0.2, -0.15) is 0 Å².